The van der Waals surface area contributed by atoms with Crippen LogP contribution in [0.4, 0.5) is 0 Å². The fourth-order valence-electron chi connectivity index (χ4n) is 1.81. The molecule has 0 spiro atoms. The first-order valence-electron chi connectivity index (χ1n) is 4.72. The molecular weight excluding hydrogens is 178 g/mol. The molecule has 0 aliphatic carbocycles. The highest BCUT2D eigenvalue weighted by Gasteiger charge is 2.12. The lowest BCUT2D eigenvalue weighted by atomic mass is 10.2. The Morgan fingerprint density at radius 2 is 1.79 bits per heavy atom. The quantitative estimate of drug-likeness (QED) is 0.689. The van der Waals surface area contributed by atoms with E-state index in [0.717, 1.165) is 22.7 Å². The molecule has 2 aromatic rings. The molecule has 1 aromatic heterocycles. The number of aromatic nitrogens is 1. The second-order valence-corrected chi connectivity index (χ2v) is 3.54. The predicted octanol–water partition coefficient (Wildman–Crippen LogP) is 2.25. The fourth-order valence-corrected chi connectivity index (χ4v) is 1.81. The van der Waals surface area contributed by atoms with Crippen LogP contribution >= 0.6 is 0 Å². The van der Waals surface area contributed by atoms with Gasteiger partial charge in [-0.05, 0) is 19.1 Å². The molecule has 3 heteroatoms. The molecule has 0 saturated carbocycles. The molecule has 1 N–H and O–H groups in total. The summed E-state index contributed by atoms with van der Waals surface area (Å²) in [5, 5.41) is 1.17. The minimum atomic E-state index is 0.637. The van der Waals surface area contributed by atoms with Crippen molar-refractivity contribution in [3.05, 3.63) is 23.9 Å². The molecule has 14 heavy (non-hydrogen) atoms. The number of aryl methyl sites for hydroxylation is 1. The van der Waals surface area contributed by atoms with Crippen molar-refractivity contribution in [3.63, 3.8) is 0 Å². The first-order chi connectivity index (χ1) is 6.83. The number of ether oxygens (including phenoxy) is 2. The van der Waals surface area contributed by atoms with Crippen molar-refractivity contribution in [2.45, 2.75) is 6.92 Å². The number of rotatable bonds is 0. The molecule has 0 fully saturated rings. The van der Waals surface area contributed by atoms with Crippen LogP contribution in [-0.4, -0.2) is 18.2 Å². The first kappa shape index (κ1) is 7.74. The van der Waals surface area contributed by atoms with Gasteiger partial charge in [-0.25, -0.2) is 0 Å². The monoisotopic (exact) mass is 189 g/mol. The standard InChI is InChI=1S/C11H11NO2/c1-7-4-8-5-10-11(6-9(8)12-7)14-3-2-13-10/h4-6,12H,2-3H2,1H3. The Hall–Kier alpha value is -1.64. The van der Waals surface area contributed by atoms with Crippen LogP contribution in [-0.2, 0) is 0 Å². The summed E-state index contributed by atoms with van der Waals surface area (Å²) in [5.74, 6) is 1.69. The fraction of sp³-hybridized carbons (Fsp3) is 0.273. The van der Waals surface area contributed by atoms with Gasteiger partial charge in [-0.15, -0.1) is 0 Å². The summed E-state index contributed by atoms with van der Waals surface area (Å²) in [5.41, 5.74) is 2.26. The van der Waals surface area contributed by atoms with Crippen LogP contribution in [0.5, 0.6) is 11.5 Å². The minimum absolute atomic E-state index is 0.637. The number of hydrogen-bond acceptors (Lipinski definition) is 2. The van der Waals surface area contributed by atoms with Crippen molar-refractivity contribution in [2.24, 2.45) is 0 Å². The average Bonchev–Trinajstić information content (AvgIpc) is 2.53. The molecule has 0 atom stereocenters. The Balaban J connectivity index is 2.26. The van der Waals surface area contributed by atoms with E-state index in [1.807, 2.05) is 19.1 Å². The van der Waals surface area contributed by atoms with Crippen LogP contribution in [0.1, 0.15) is 5.69 Å². The Morgan fingerprint density at radius 3 is 2.57 bits per heavy atom. The van der Waals surface area contributed by atoms with E-state index in [2.05, 4.69) is 11.1 Å². The first-order valence-corrected chi connectivity index (χ1v) is 4.72. The third kappa shape index (κ3) is 1.05. The van der Waals surface area contributed by atoms with Gasteiger partial charge in [-0.3, -0.25) is 0 Å². The second kappa shape index (κ2) is 2.67. The van der Waals surface area contributed by atoms with Gasteiger partial charge in [0.2, 0.25) is 0 Å². The van der Waals surface area contributed by atoms with Crippen LogP contribution in [0.15, 0.2) is 18.2 Å². The van der Waals surface area contributed by atoms with Crippen molar-refractivity contribution in [2.75, 3.05) is 13.2 Å². The van der Waals surface area contributed by atoms with Crippen LogP contribution in [0, 0.1) is 6.92 Å². The van der Waals surface area contributed by atoms with Gasteiger partial charge in [0.1, 0.15) is 13.2 Å². The van der Waals surface area contributed by atoms with E-state index in [1.54, 1.807) is 0 Å². The number of benzene rings is 1. The van der Waals surface area contributed by atoms with Gasteiger partial charge in [-0.2, -0.15) is 0 Å². The van der Waals surface area contributed by atoms with Crippen LogP contribution in [0.2, 0.25) is 0 Å². The molecule has 1 aliphatic rings. The Bertz CT molecular complexity index is 444. The van der Waals surface area contributed by atoms with Crippen molar-refractivity contribution in [3.8, 4) is 11.5 Å². The van der Waals surface area contributed by atoms with E-state index >= 15 is 0 Å². The van der Waals surface area contributed by atoms with Gasteiger partial charge in [0.05, 0.1) is 0 Å². The normalized spacial score (nSPS) is 14.6. The topological polar surface area (TPSA) is 34.2 Å². The van der Waals surface area contributed by atoms with Crippen LogP contribution in [0.25, 0.3) is 10.9 Å². The molecule has 0 unspecified atom stereocenters. The van der Waals surface area contributed by atoms with Gasteiger partial charge >= 0.3 is 0 Å². The Morgan fingerprint density at radius 1 is 1.07 bits per heavy atom. The van der Waals surface area contributed by atoms with Crippen molar-refractivity contribution in [1.29, 1.82) is 0 Å². The molecule has 1 aromatic carbocycles. The highest BCUT2D eigenvalue weighted by atomic mass is 16.6. The zero-order chi connectivity index (χ0) is 9.54. The summed E-state index contributed by atoms with van der Waals surface area (Å²) in [6.45, 7) is 3.32. The average molecular weight is 189 g/mol. The molecular formula is C11H11NO2. The van der Waals surface area contributed by atoms with E-state index in [9.17, 15) is 0 Å². The summed E-state index contributed by atoms with van der Waals surface area (Å²) >= 11 is 0. The lowest BCUT2D eigenvalue weighted by molar-refractivity contribution is 0.172. The molecule has 2 heterocycles. The van der Waals surface area contributed by atoms with Crippen LogP contribution in [0.3, 0.4) is 0 Å². The summed E-state index contributed by atoms with van der Waals surface area (Å²) in [4.78, 5) is 3.27. The van der Waals surface area contributed by atoms with Gasteiger partial charge in [0.15, 0.2) is 11.5 Å². The largest absolute Gasteiger partial charge is 0.486 e. The smallest absolute Gasteiger partial charge is 0.163 e. The maximum absolute atomic E-state index is 5.50. The number of fused-ring (bicyclic) bond motifs is 2. The minimum Gasteiger partial charge on any atom is -0.486 e. The molecule has 0 saturated heterocycles. The van der Waals surface area contributed by atoms with E-state index in [4.69, 9.17) is 9.47 Å². The lowest BCUT2D eigenvalue weighted by Crippen LogP contribution is -2.15. The SMILES string of the molecule is Cc1cc2cc3c(cc2[nH]1)OCCO3. The predicted molar refractivity (Wildman–Crippen MR) is 54.0 cm³/mol. The van der Waals surface area contributed by atoms with Gasteiger partial charge in [0.25, 0.3) is 0 Å². The molecule has 0 amide bonds. The molecule has 3 nitrogen and oxygen atoms in total. The Kier molecular flexibility index (Phi) is 1.48. The van der Waals surface area contributed by atoms with Crippen molar-refractivity contribution < 1.29 is 9.47 Å². The summed E-state index contributed by atoms with van der Waals surface area (Å²) in [6, 6.07) is 6.12. The van der Waals surface area contributed by atoms with Crippen molar-refractivity contribution in [1.82, 2.24) is 4.98 Å². The van der Waals surface area contributed by atoms with Gasteiger partial charge < -0.3 is 14.5 Å². The molecule has 0 bridgehead atoms. The number of H-pyrrole nitrogens is 1. The summed E-state index contributed by atoms with van der Waals surface area (Å²) in [6.07, 6.45) is 0. The second-order valence-electron chi connectivity index (χ2n) is 3.54. The highest BCUT2D eigenvalue weighted by Crippen LogP contribution is 2.34. The highest BCUT2D eigenvalue weighted by molar-refractivity contribution is 5.84. The molecule has 1 aliphatic heterocycles. The van der Waals surface area contributed by atoms with E-state index in [0.29, 0.717) is 13.2 Å². The van der Waals surface area contributed by atoms with Gasteiger partial charge in [0, 0.05) is 22.7 Å². The van der Waals surface area contributed by atoms with Gasteiger partial charge in [-0.1, -0.05) is 0 Å². The van der Waals surface area contributed by atoms with E-state index < -0.39 is 0 Å². The summed E-state index contributed by atoms with van der Waals surface area (Å²) in [7, 11) is 0. The molecule has 72 valence electrons. The Labute approximate surface area is 81.6 Å². The number of hydrogen-bond donors (Lipinski definition) is 1. The zero-order valence-corrected chi connectivity index (χ0v) is 7.96. The van der Waals surface area contributed by atoms with Crippen LogP contribution < -0.4 is 9.47 Å². The lowest BCUT2D eigenvalue weighted by Gasteiger charge is -2.17. The zero-order valence-electron chi connectivity index (χ0n) is 7.96. The van der Waals surface area contributed by atoms with E-state index in [-0.39, 0.29) is 0 Å². The maximum Gasteiger partial charge on any atom is 0.163 e. The number of nitrogens with one attached hydrogen (secondary N) is 1. The third-order valence-corrected chi connectivity index (χ3v) is 2.42. The molecule has 0 radical (unpaired) electrons. The molecule has 3 rings (SSSR count). The maximum atomic E-state index is 5.50. The van der Waals surface area contributed by atoms with E-state index in [1.165, 1.54) is 5.39 Å². The number of aromatic amines is 1. The van der Waals surface area contributed by atoms with Crippen molar-refractivity contribution >= 4 is 10.9 Å². The summed E-state index contributed by atoms with van der Waals surface area (Å²) < 4.78 is 11.0. The third-order valence-electron chi connectivity index (χ3n) is 2.42.